The molecule has 6 atom stereocenters. The van der Waals surface area contributed by atoms with Crippen molar-refractivity contribution in [2.75, 3.05) is 20.1 Å². The summed E-state index contributed by atoms with van der Waals surface area (Å²) in [5, 5.41) is 0. The number of allylic oxidation sites excluding steroid dienone is 4. The van der Waals surface area contributed by atoms with E-state index in [0.717, 1.165) is 35.5 Å². The Morgan fingerprint density at radius 3 is 1.61 bits per heavy atom. The topological polar surface area (TPSA) is 3.24 Å². The van der Waals surface area contributed by atoms with Crippen LogP contribution in [0.4, 0.5) is 0 Å². The molecule has 0 spiro atoms. The minimum Gasteiger partial charge on any atom is -0.306 e. The van der Waals surface area contributed by atoms with E-state index in [1.807, 2.05) is 0 Å². The molecule has 2 fully saturated rings. The van der Waals surface area contributed by atoms with Gasteiger partial charge in [0.2, 0.25) is 0 Å². The molecule has 4 aliphatic carbocycles. The van der Waals surface area contributed by atoms with E-state index in [1.165, 1.54) is 38.8 Å². The molecule has 1 nitrogen and oxygen atoms in total. The maximum absolute atomic E-state index is 2.64. The molecule has 0 aromatic heterocycles. The summed E-state index contributed by atoms with van der Waals surface area (Å²) < 4.78 is 0. The first-order valence-corrected chi connectivity index (χ1v) is 7.83. The van der Waals surface area contributed by atoms with E-state index in [0.29, 0.717) is 0 Å². The quantitative estimate of drug-likeness (QED) is 0.685. The van der Waals surface area contributed by atoms with Crippen molar-refractivity contribution in [2.45, 2.75) is 25.7 Å². The van der Waals surface area contributed by atoms with Crippen LogP contribution in [-0.2, 0) is 0 Å². The molecule has 0 saturated heterocycles. The monoisotopic (exact) mass is 243 g/mol. The summed E-state index contributed by atoms with van der Waals surface area (Å²) in [6.45, 7) is 2.67. The minimum atomic E-state index is 0.914. The summed E-state index contributed by atoms with van der Waals surface area (Å²) in [4.78, 5) is 2.64. The van der Waals surface area contributed by atoms with Crippen LogP contribution in [0, 0.1) is 35.5 Å². The van der Waals surface area contributed by atoms with E-state index in [-0.39, 0.29) is 0 Å². The molecule has 0 aromatic rings. The maximum Gasteiger partial charge on any atom is 0.00126 e. The van der Waals surface area contributed by atoms with E-state index in [4.69, 9.17) is 0 Å². The fourth-order valence-electron chi connectivity index (χ4n) is 5.08. The van der Waals surface area contributed by atoms with Crippen molar-refractivity contribution in [2.24, 2.45) is 35.5 Å². The molecule has 0 amide bonds. The number of fused-ring (bicyclic) bond motifs is 4. The SMILES string of the molecule is CN(C[C@@H]1C[C@H]2C=C[C@H]1C2)C[C@@H]1C[C@H]2C=C[C@H]1C2. The van der Waals surface area contributed by atoms with E-state index in [2.05, 4.69) is 36.3 Å². The highest BCUT2D eigenvalue weighted by molar-refractivity contribution is 5.12. The average Bonchev–Trinajstić information content (AvgIpc) is 3.08. The molecular formula is C17H25N. The Morgan fingerprint density at radius 2 is 1.28 bits per heavy atom. The van der Waals surface area contributed by atoms with Gasteiger partial charge in [0.05, 0.1) is 0 Å². The van der Waals surface area contributed by atoms with Gasteiger partial charge in [0.15, 0.2) is 0 Å². The van der Waals surface area contributed by atoms with Gasteiger partial charge in [-0.05, 0) is 68.2 Å². The summed E-state index contributed by atoms with van der Waals surface area (Å²) in [5.41, 5.74) is 0. The first kappa shape index (κ1) is 11.3. The zero-order chi connectivity index (χ0) is 12.1. The summed E-state index contributed by atoms with van der Waals surface area (Å²) >= 11 is 0. The van der Waals surface area contributed by atoms with Crippen molar-refractivity contribution >= 4 is 0 Å². The second kappa shape index (κ2) is 4.23. The first-order chi connectivity index (χ1) is 8.78. The van der Waals surface area contributed by atoms with Crippen LogP contribution in [0.2, 0.25) is 0 Å². The van der Waals surface area contributed by atoms with Crippen LogP contribution in [0.3, 0.4) is 0 Å². The minimum absolute atomic E-state index is 0.914. The van der Waals surface area contributed by atoms with Crippen molar-refractivity contribution in [3.05, 3.63) is 24.3 Å². The summed E-state index contributed by atoms with van der Waals surface area (Å²) in [6.07, 6.45) is 15.7. The first-order valence-electron chi connectivity index (χ1n) is 7.83. The van der Waals surface area contributed by atoms with Crippen LogP contribution in [0.5, 0.6) is 0 Å². The van der Waals surface area contributed by atoms with Crippen molar-refractivity contribution in [3.8, 4) is 0 Å². The van der Waals surface area contributed by atoms with E-state index in [9.17, 15) is 0 Å². The van der Waals surface area contributed by atoms with Gasteiger partial charge in [0.25, 0.3) is 0 Å². The van der Waals surface area contributed by atoms with Crippen LogP contribution >= 0.6 is 0 Å². The van der Waals surface area contributed by atoms with E-state index >= 15 is 0 Å². The summed E-state index contributed by atoms with van der Waals surface area (Å²) in [7, 11) is 2.35. The maximum atomic E-state index is 2.64. The fraction of sp³-hybridized carbons (Fsp3) is 0.765. The molecule has 4 bridgehead atoms. The van der Waals surface area contributed by atoms with Gasteiger partial charge >= 0.3 is 0 Å². The predicted octanol–water partition coefficient (Wildman–Crippen LogP) is 3.34. The molecule has 4 rings (SSSR count). The Hall–Kier alpha value is -0.560. The van der Waals surface area contributed by atoms with Crippen molar-refractivity contribution in [3.63, 3.8) is 0 Å². The molecule has 98 valence electrons. The van der Waals surface area contributed by atoms with Crippen molar-refractivity contribution in [1.82, 2.24) is 4.90 Å². The van der Waals surface area contributed by atoms with Gasteiger partial charge in [-0.1, -0.05) is 24.3 Å². The molecule has 4 aliphatic rings. The zero-order valence-electron chi connectivity index (χ0n) is 11.5. The smallest absolute Gasteiger partial charge is 0.00126 e. The Morgan fingerprint density at radius 1 is 0.778 bits per heavy atom. The molecule has 0 N–H and O–H groups in total. The average molecular weight is 243 g/mol. The Balaban J connectivity index is 1.30. The number of nitrogens with zero attached hydrogens (tertiary/aromatic N) is 1. The predicted molar refractivity (Wildman–Crippen MR) is 75.2 cm³/mol. The van der Waals surface area contributed by atoms with Crippen molar-refractivity contribution in [1.29, 1.82) is 0 Å². The molecule has 0 aliphatic heterocycles. The highest BCUT2D eigenvalue weighted by Crippen LogP contribution is 2.45. The molecule has 0 unspecified atom stereocenters. The summed E-state index contributed by atoms with van der Waals surface area (Å²) in [6, 6.07) is 0. The molecule has 2 saturated carbocycles. The van der Waals surface area contributed by atoms with Crippen molar-refractivity contribution < 1.29 is 0 Å². The van der Waals surface area contributed by atoms with Gasteiger partial charge in [0, 0.05) is 13.1 Å². The molecule has 0 heterocycles. The third-order valence-corrected chi connectivity index (χ3v) is 5.93. The second-order valence-electron chi connectivity index (χ2n) is 7.30. The zero-order valence-corrected chi connectivity index (χ0v) is 11.5. The van der Waals surface area contributed by atoms with E-state index in [1.54, 1.807) is 0 Å². The Labute approximate surface area is 111 Å². The van der Waals surface area contributed by atoms with E-state index < -0.39 is 0 Å². The molecular weight excluding hydrogens is 218 g/mol. The van der Waals surface area contributed by atoms with Gasteiger partial charge in [0.1, 0.15) is 0 Å². The highest BCUT2D eigenvalue weighted by atomic mass is 15.1. The normalized spacial score (nSPS) is 47.9. The lowest BCUT2D eigenvalue weighted by atomic mass is 9.91. The summed E-state index contributed by atoms with van der Waals surface area (Å²) in [5.74, 6) is 5.60. The molecule has 1 heteroatoms. The second-order valence-corrected chi connectivity index (χ2v) is 7.30. The lowest BCUT2D eigenvalue weighted by Crippen LogP contribution is -2.33. The Bertz CT molecular complexity index is 347. The number of hydrogen-bond donors (Lipinski definition) is 0. The highest BCUT2D eigenvalue weighted by Gasteiger charge is 2.38. The third kappa shape index (κ3) is 1.87. The standard InChI is InChI=1S/C17H25N/c1-18(10-16-8-12-2-4-14(16)6-12)11-17-9-13-3-5-15(17)7-13/h2-5,12-17H,6-11H2,1H3/t12-,13-,14-,15-,16-,17-/m0/s1. The molecule has 18 heavy (non-hydrogen) atoms. The van der Waals surface area contributed by atoms with Crippen LogP contribution in [0.15, 0.2) is 24.3 Å². The fourth-order valence-corrected chi connectivity index (χ4v) is 5.08. The van der Waals surface area contributed by atoms with Crippen LogP contribution in [-0.4, -0.2) is 25.0 Å². The van der Waals surface area contributed by atoms with Gasteiger partial charge in [-0.3, -0.25) is 0 Å². The largest absolute Gasteiger partial charge is 0.306 e. The van der Waals surface area contributed by atoms with Crippen LogP contribution in [0.1, 0.15) is 25.7 Å². The van der Waals surface area contributed by atoms with Crippen LogP contribution in [0.25, 0.3) is 0 Å². The van der Waals surface area contributed by atoms with Gasteiger partial charge in [-0.2, -0.15) is 0 Å². The van der Waals surface area contributed by atoms with Gasteiger partial charge < -0.3 is 4.90 Å². The Kier molecular flexibility index (Phi) is 2.65. The third-order valence-electron chi connectivity index (χ3n) is 5.93. The molecule has 0 radical (unpaired) electrons. The van der Waals surface area contributed by atoms with Gasteiger partial charge in [-0.15, -0.1) is 0 Å². The van der Waals surface area contributed by atoms with Gasteiger partial charge in [-0.25, -0.2) is 0 Å². The number of rotatable bonds is 4. The lowest BCUT2D eigenvalue weighted by Gasteiger charge is -2.29. The van der Waals surface area contributed by atoms with Crippen LogP contribution < -0.4 is 0 Å². The molecule has 0 aromatic carbocycles. The lowest BCUT2D eigenvalue weighted by molar-refractivity contribution is 0.209. The number of hydrogen-bond acceptors (Lipinski definition) is 1.